The Labute approximate surface area is 156 Å². The van der Waals surface area contributed by atoms with E-state index in [4.69, 9.17) is 11.0 Å². The van der Waals surface area contributed by atoms with Gasteiger partial charge in [-0.25, -0.2) is 0 Å². The second-order valence-electron chi connectivity index (χ2n) is 6.73. The van der Waals surface area contributed by atoms with Crippen LogP contribution in [0.15, 0.2) is 42.0 Å². The molecule has 4 heteroatoms. The summed E-state index contributed by atoms with van der Waals surface area (Å²) in [5, 5.41) is 11.1. The van der Waals surface area contributed by atoms with E-state index in [1.165, 1.54) is 11.8 Å². The van der Waals surface area contributed by atoms with Crippen LogP contribution in [0.1, 0.15) is 40.2 Å². The zero-order chi connectivity index (χ0) is 19.7. The highest BCUT2D eigenvalue weighted by Gasteiger charge is 2.05. The summed E-state index contributed by atoms with van der Waals surface area (Å²) in [6.45, 7) is 12.7. The molecule has 0 aliphatic carbocycles. The van der Waals surface area contributed by atoms with E-state index in [2.05, 4.69) is 57.7 Å². The molecule has 2 aromatic rings. The van der Waals surface area contributed by atoms with Crippen molar-refractivity contribution in [2.45, 2.75) is 34.6 Å². The van der Waals surface area contributed by atoms with Crippen molar-refractivity contribution in [2.24, 2.45) is 11.7 Å². The van der Waals surface area contributed by atoms with Gasteiger partial charge in [0, 0.05) is 18.8 Å². The fourth-order valence-corrected chi connectivity index (χ4v) is 2.45. The van der Waals surface area contributed by atoms with E-state index < -0.39 is 5.91 Å². The highest BCUT2D eigenvalue weighted by atomic mass is 16.1. The fourth-order valence-electron chi connectivity index (χ4n) is 2.45. The summed E-state index contributed by atoms with van der Waals surface area (Å²) in [6, 6.07) is 13.9. The Morgan fingerprint density at radius 3 is 2.15 bits per heavy atom. The van der Waals surface area contributed by atoms with Crippen molar-refractivity contribution >= 4 is 28.4 Å². The fraction of sp³-hybridized carbons (Fsp3) is 0.364. The first-order valence-corrected chi connectivity index (χ1v) is 9.02. The van der Waals surface area contributed by atoms with Crippen LogP contribution in [0, 0.1) is 17.2 Å². The van der Waals surface area contributed by atoms with Gasteiger partial charge in [-0.1, -0.05) is 39.0 Å². The van der Waals surface area contributed by atoms with Gasteiger partial charge in [-0.05, 0) is 60.4 Å². The van der Waals surface area contributed by atoms with Crippen LogP contribution in [0.25, 0.3) is 16.8 Å². The first kappa shape index (κ1) is 21.2. The molecular weight excluding hydrogens is 322 g/mol. The van der Waals surface area contributed by atoms with Crippen LogP contribution in [0.3, 0.4) is 0 Å². The molecule has 4 nitrogen and oxygen atoms in total. The molecule has 0 saturated carbocycles. The average molecular weight is 351 g/mol. The van der Waals surface area contributed by atoms with Gasteiger partial charge in [-0.3, -0.25) is 4.79 Å². The normalized spacial score (nSPS) is 10.9. The molecule has 0 spiro atoms. The Hall–Kier alpha value is -2.80. The number of hydrogen-bond acceptors (Lipinski definition) is 3. The summed E-state index contributed by atoms with van der Waals surface area (Å²) in [4.78, 5) is 13.4. The highest BCUT2D eigenvalue weighted by Crippen LogP contribution is 2.24. The summed E-state index contributed by atoms with van der Waals surface area (Å²) in [6.07, 6.45) is 1.51. The molecule has 0 bridgehead atoms. The van der Waals surface area contributed by atoms with Crippen molar-refractivity contribution < 1.29 is 4.79 Å². The van der Waals surface area contributed by atoms with Gasteiger partial charge in [0.15, 0.2) is 0 Å². The second kappa shape index (κ2) is 10.2. The second-order valence-corrected chi connectivity index (χ2v) is 6.73. The van der Waals surface area contributed by atoms with Crippen molar-refractivity contribution in [3.8, 4) is 6.07 Å². The van der Waals surface area contributed by atoms with Gasteiger partial charge in [-0.15, -0.1) is 0 Å². The number of nitriles is 1. The summed E-state index contributed by atoms with van der Waals surface area (Å²) in [7, 11) is 0. The molecule has 1 amide bonds. The molecule has 0 aliphatic heterocycles. The molecule has 0 aromatic heterocycles. The van der Waals surface area contributed by atoms with Crippen LogP contribution in [-0.2, 0) is 4.79 Å². The number of hydrogen-bond donors (Lipinski definition) is 1. The van der Waals surface area contributed by atoms with Crippen LogP contribution >= 0.6 is 0 Å². The number of primary amides is 1. The monoisotopic (exact) mass is 351 g/mol. The van der Waals surface area contributed by atoms with E-state index in [1.54, 1.807) is 0 Å². The summed E-state index contributed by atoms with van der Waals surface area (Å²) >= 11 is 0. The molecule has 0 aliphatic rings. The smallest absolute Gasteiger partial charge is 0.259 e. The quantitative estimate of drug-likeness (QED) is 0.625. The van der Waals surface area contributed by atoms with Crippen LogP contribution in [0.4, 0.5) is 5.69 Å². The lowest BCUT2D eigenvalue weighted by Gasteiger charge is -2.21. The first-order chi connectivity index (χ1) is 12.3. The molecule has 0 heterocycles. The zero-order valence-corrected chi connectivity index (χ0v) is 16.4. The predicted molar refractivity (Wildman–Crippen MR) is 111 cm³/mol. The Bertz CT molecular complexity index is 809. The SMILES string of the molecule is CC(C)C.CCN(CC)c1ccc2cc(/C=C(\C#N)C(N)=O)ccc2c1. The Morgan fingerprint density at radius 1 is 1.12 bits per heavy atom. The number of rotatable bonds is 5. The van der Waals surface area contributed by atoms with E-state index in [1.807, 2.05) is 24.3 Å². The van der Waals surface area contributed by atoms with Gasteiger partial charge < -0.3 is 10.6 Å². The maximum absolute atomic E-state index is 11.1. The summed E-state index contributed by atoms with van der Waals surface area (Å²) < 4.78 is 0. The van der Waals surface area contributed by atoms with E-state index in [0.717, 1.165) is 35.3 Å². The van der Waals surface area contributed by atoms with Crippen molar-refractivity contribution in [3.63, 3.8) is 0 Å². The standard InChI is InChI=1S/C18H19N3O.C4H10/c1-3-21(4-2)17-8-7-14-9-13(5-6-15(14)11-17)10-16(12-19)18(20)22;1-4(2)3/h5-11H,3-4H2,1-2H3,(H2,20,22);4H,1-3H3/b16-10+;. The number of fused-ring (bicyclic) bond motifs is 1. The number of carbonyl (C=O) groups excluding carboxylic acids is 1. The first-order valence-electron chi connectivity index (χ1n) is 9.02. The predicted octanol–water partition coefficient (Wildman–Crippen LogP) is 4.74. The van der Waals surface area contributed by atoms with E-state index in [9.17, 15) is 4.79 Å². The molecule has 0 unspecified atom stereocenters. The van der Waals surface area contributed by atoms with Crippen LogP contribution in [-0.4, -0.2) is 19.0 Å². The van der Waals surface area contributed by atoms with E-state index >= 15 is 0 Å². The van der Waals surface area contributed by atoms with E-state index in [-0.39, 0.29) is 5.57 Å². The van der Waals surface area contributed by atoms with Crippen molar-refractivity contribution in [2.75, 3.05) is 18.0 Å². The molecular formula is C22H29N3O. The summed E-state index contributed by atoms with van der Waals surface area (Å²) in [5.41, 5.74) is 7.09. The Balaban J connectivity index is 0.000000765. The third-order valence-corrected chi connectivity index (χ3v) is 3.67. The number of benzene rings is 2. The molecule has 0 saturated heterocycles. The Morgan fingerprint density at radius 2 is 1.65 bits per heavy atom. The van der Waals surface area contributed by atoms with Crippen LogP contribution in [0.5, 0.6) is 0 Å². The van der Waals surface area contributed by atoms with Gasteiger partial charge in [0.05, 0.1) is 0 Å². The largest absolute Gasteiger partial charge is 0.372 e. The molecule has 0 atom stereocenters. The van der Waals surface area contributed by atoms with Gasteiger partial charge in [0.1, 0.15) is 11.6 Å². The number of nitrogens with zero attached hydrogens (tertiary/aromatic N) is 2. The minimum atomic E-state index is -0.709. The zero-order valence-electron chi connectivity index (χ0n) is 16.4. The molecule has 138 valence electrons. The molecule has 0 fully saturated rings. The average Bonchev–Trinajstić information content (AvgIpc) is 2.60. The Kier molecular flexibility index (Phi) is 8.37. The lowest BCUT2D eigenvalue weighted by Crippen LogP contribution is -2.21. The van der Waals surface area contributed by atoms with Crippen molar-refractivity contribution in [1.29, 1.82) is 5.26 Å². The van der Waals surface area contributed by atoms with E-state index in [0.29, 0.717) is 0 Å². The van der Waals surface area contributed by atoms with Crippen LogP contribution in [0.2, 0.25) is 0 Å². The third kappa shape index (κ3) is 6.25. The minimum absolute atomic E-state index is 0.0425. The molecule has 2 rings (SSSR count). The molecule has 2 N–H and O–H groups in total. The van der Waals surface area contributed by atoms with Gasteiger partial charge in [-0.2, -0.15) is 5.26 Å². The number of amides is 1. The van der Waals surface area contributed by atoms with Crippen LogP contribution < -0.4 is 10.6 Å². The highest BCUT2D eigenvalue weighted by molar-refractivity contribution is 6.01. The number of nitrogens with two attached hydrogens (primary N) is 1. The number of anilines is 1. The molecule has 2 aromatic carbocycles. The summed E-state index contributed by atoms with van der Waals surface area (Å²) in [5.74, 6) is 0.125. The van der Waals surface area contributed by atoms with Gasteiger partial charge in [0.25, 0.3) is 5.91 Å². The van der Waals surface area contributed by atoms with Crippen molar-refractivity contribution in [1.82, 2.24) is 0 Å². The molecule has 0 radical (unpaired) electrons. The minimum Gasteiger partial charge on any atom is -0.372 e. The maximum Gasteiger partial charge on any atom is 0.259 e. The van der Waals surface area contributed by atoms with Gasteiger partial charge >= 0.3 is 0 Å². The van der Waals surface area contributed by atoms with Crippen molar-refractivity contribution in [3.05, 3.63) is 47.5 Å². The lowest BCUT2D eigenvalue weighted by molar-refractivity contribution is -0.114. The topological polar surface area (TPSA) is 70.1 Å². The van der Waals surface area contributed by atoms with Gasteiger partial charge in [0.2, 0.25) is 0 Å². The molecule has 26 heavy (non-hydrogen) atoms. The number of carbonyl (C=O) groups is 1. The lowest BCUT2D eigenvalue weighted by atomic mass is 10.0. The maximum atomic E-state index is 11.1. The third-order valence-electron chi connectivity index (χ3n) is 3.67.